The molecule has 1 aliphatic heterocycles. The van der Waals surface area contributed by atoms with Crippen LogP contribution in [-0.4, -0.2) is 39.5 Å². The zero-order valence-corrected chi connectivity index (χ0v) is 17.8. The fraction of sp³-hybridized carbons (Fsp3) is 0.409. The average Bonchev–Trinajstić information content (AvgIpc) is 2.73. The van der Waals surface area contributed by atoms with E-state index in [1.807, 2.05) is 18.2 Å². The molecule has 7 heteroatoms. The number of carbonyl (C=O) groups excluding carboxylic acids is 1. The van der Waals surface area contributed by atoms with Gasteiger partial charge in [-0.25, -0.2) is 17.9 Å². The number of sulfonamides is 1. The van der Waals surface area contributed by atoms with Crippen LogP contribution in [-0.2, 0) is 27.8 Å². The van der Waals surface area contributed by atoms with E-state index < -0.39 is 16.0 Å². The lowest BCUT2D eigenvalue weighted by Crippen LogP contribution is -2.30. The van der Waals surface area contributed by atoms with Crippen molar-refractivity contribution in [3.63, 3.8) is 0 Å². The second kappa shape index (κ2) is 9.52. The Kier molecular flexibility index (Phi) is 7.05. The molecule has 0 amide bonds. The van der Waals surface area contributed by atoms with E-state index in [0.717, 1.165) is 30.8 Å². The van der Waals surface area contributed by atoms with Gasteiger partial charge in [0.1, 0.15) is 0 Å². The molecule has 2 aromatic rings. The van der Waals surface area contributed by atoms with Crippen LogP contribution in [0.3, 0.4) is 0 Å². The second-order valence-corrected chi connectivity index (χ2v) is 9.14. The summed E-state index contributed by atoms with van der Waals surface area (Å²) in [5.74, 6) is -0.562. The summed E-state index contributed by atoms with van der Waals surface area (Å²) in [5, 5.41) is 0. The van der Waals surface area contributed by atoms with Gasteiger partial charge in [0.15, 0.2) is 0 Å². The van der Waals surface area contributed by atoms with Gasteiger partial charge < -0.3 is 4.74 Å². The van der Waals surface area contributed by atoms with Crippen molar-refractivity contribution in [1.82, 2.24) is 9.62 Å². The number of methoxy groups -OCH3 is 1. The van der Waals surface area contributed by atoms with Crippen molar-refractivity contribution in [1.29, 1.82) is 0 Å². The number of esters is 1. The van der Waals surface area contributed by atoms with Gasteiger partial charge in [-0.1, -0.05) is 36.8 Å². The van der Waals surface area contributed by atoms with Crippen LogP contribution in [0, 0.1) is 6.92 Å². The van der Waals surface area contributed by atoms with Crippen molar-refractivity contribution >= 4 is 16.0 Å². The standard InChI is InChI=1S/C22H28N2O4S/c1-17-10-11-18(22(25)28-2)14-21(17)29(26,27)23-15-19-8-4-5-9-20(19)16-24-12-6-3-7-13-24/h4-5,8-11,14,23H,3,6-7,12-13,15-16H2,1-2H3. The molecule has 0 radical (unpaired) electrons. The Morgan fingerprint density at radius 3 is 2.45 bits per heavy atom. The van der Waals surface area contributed by atoms with E-state index in [4.69, 9.17) is 4.74 Å². The zero-order chi connectivity index (χ0) is 20.9. The highest BCUT2D eigenvalue weighted by Gasteiger charge is 2.20. The fourth-order valence-corrected chi connectivity index (χ4v) is 4.90. The highest BCUT2D eigenvalue weighted by atomic mass is 32.2. The van der Waals surface area contributed by atoms with E-state index >= 15 is 0 Å². The number of nitrogens with zero attached hydrogens (tertiary/aromatic N) is 1. The van der Waals surface area contributed by atoms with Crippen LogP contribution in [0.15, 0.2) is 47.4 Å². The molecule has 0 aromatic heterocycles. The number of benzene rings is 2. The Labute approximate surface area is 172 Å². The first-order valence-electron chi connectivity index (χ1n) is 9.88. The molecular formula is C22H28N2O4S. The Hall–Kier alpha value is -2.22. The molecule has 1 heterocycles. The van der Waals surface area contributed by atoms with E-state index in [1.54, 1.807) is 19.1 Å². The molecule has 3 rings (SSSR count). The number of hydrogen-bond acceptors (Lipinski definition) is 5. The van der Waals surface area contributed by atoms with Gasteiger partial charge in [-0.2, -0.15) is 0 Å². The molecular weight excluding hydrogens is 388 g/mol. The molecule has 156 valence electrons. The van der Waals surface area contributed by atoms with Crippen LogP contribution >= 0.6 is 0 Å². The largest absolute Gasteiger partial charge is 0.465 e. The van der Waals surface area contributed by atoms with Gasteiger partial charge in [-0.3, -0.25) is 4.90 Å². The molecule has 2 aromatic carbocycles. The van der Waals surface area contributed by atoms with E-state index in [0.29, 0.717) is 5.56 Å². The minimum absolute atomic E-state index is 0.0916. The van der Waals surface area contributed by atoms with Crippen molar-refractivity contribution in [2.75, 3.05) is 20.2 Å². The third kappa shape index (κ3) is 5.44. The van der Waals surface area contributed by atoms with Gasteiger partial charge in [0.25, 0.3) is 0 Å². The molecule has 0 atom stereocenters. The first-order chi connectivity index (χ1) is 13.9. The van der Waals surface area contributed by atoms with Crippen LogP contribution in [0.4, 0.5) is 0 Å². The number of ether oxygens (including phenoxy) is 1. The molecule has 1 saturated heterocycles. The lowest BCUT2D eigenvalue weighted by atomic mass is 10.1. The quantitative estimate of drug-likeness (QED) is 0.702. The molecule has 0 unspecified atom stereocenters. The Morgan fingerprint density at radius 1 is 1.07 bits per heavy atom. The SMILES string of the molecule is COC(=O)c1ccc(C)c(S(=O)(=O)NCc2ccccc2CN2CCCCC2)c1. The average molecular weight is 417 g/mol. The summed E-state index contributed by atoms with van der Waals surface area (Å²) >= 11 is 0. The highest BCUT2D eigenvalue weighted by Crippen LogP contribution is 2.20. The Morgan fingerprint density at radius 2 is 1.76 bits per heavy atom. The fourth-order valence-electron chi connectivity index (χ4n) is 3.63. The minimum atomic E-state index is -3.77. The monoisotopic (exact) mass is 416 g/mol. The Bertz CT molecular complexity index is 967. The van der Waals surface area contributed by atoms with Crippen molar-refractivity contribution in [3.05, 3.63) is 64.7 Å². The summed E-state index contributed by atoms with van der Waals surface area (Å²) in [6, 6.07) is 12.5. The van der Waals surface area contributed by atoms with Crippen molar-refractivity contribution in [3.8, 4) is 0 Å². The Balaban J connectivity index is 1.76. The van der Waals surface area contributed by atoms with Gasteiger partial charge >= 0.3 is 5.97 Å². The lowest BCUT2D eigenvalue weighted by Gasteiger charge is -2.27. The highest BCUT2D eigenvalue weighted by molar-refractivity contribution is 7.89. The molecule has 6 nitrogen and oxygen atoms in total. The first-order valence-corrected chi connectivity index (χ1v) is 11.4. The topological polar surface area (TPSA) is 75.7 Å². The predicted octanol–water partition coefficient (Wildman–Crippen LogP) is 3.25. The van der Waals surface area contributed by atoms with Crippen LogP contribution in [0.2, 0.25) is 0 Å². The van der Waals surface area contributed by atoms with Gasteiger partial charge in [0.2, 0.25) is 10.0 Å². The predicted molar refractivity (Wildman–Crippen MR) is 112 cm³/mol. The summed E-state index contributed by atoms with van der Waals surface area (Å²) in [4.78, 5) is 14.3. The number of likely N-dealkylation sites (tertiary alicyclic amines) is 1. The maximum absolute atomic E-state index is 12.9. The molecule has 1 aliphatic rings. The maximum atomic E-state index is 12.9. The van der Waals surface area contributed by atoms with Crippen molar-refractivity contribution in [2.45, 2.75) is 44.2 Å². The van der Waals surface area contributed by atoms with Crippen LogP contribution in [0.25, 0.3) is 0 Å². The van der Waals surface area contributed by atoms with E-state index in [1.165, 1.54) is 32.4 Å². The van der Waals surface area contributed by atoms with Gasteiger partial charge in [-0.05, 0) is 61.7 Å². The van der Waals surface area contributed by atoms with Crippen LogP contribution in [0.5, 0.6) is 0 Å². The molecule has 0 aliphatic carbocycles. The maximum Gasteiger partial charge on any atom is 0.337 e. The molecule has 1 fully saturated rings. The smallest absolute Gasteiger partial charge is 0.337 e. The van der Waals surface area contributed by atoms with E-state index in [9.17, 15) is 13.2 Å². The van der Waals surface area contributed by atoms with Crippen molar-refractivity contribution in [2.24, 2.45) is 0 Å². The van der Waals surface area contributed by atoms with Crippen molar-refractivity contribution < 1.29 is 17.9 Å². The number of piperidine rings is 1. The zero-order valence-electron chi connectivity index (χ0n) is 17.0. The third-order valence-corrected chi connectivity index (χ3v) is 6.86. The molecule has 0 bridgehead atoms. The van der Waals surface area contributed by atoms with Crippen LogP contribution in [0.1, 0.15) is 46.3 Å². The van der Waals surface area contributed by atoms with Gasteiger partial charge in [0.05, 0.1) is 17.6 Å². The van der Waals surface area contributed by atoms with E-state index in [-0.39, 0.29) is 17.0 Å². The normalized spacial score (nSPS) is 15.2. The molecule has 0 spiro atoms. The lowest BCUT2D eigenvalue weighted by molar-refractivity contribution is 0.0600. The van der Waals surface area contributed by atoms with Crippen LogP contribution < -0.4 is 4.72 Å². The number of rotatable bonds is 7. The number of hydrogen-bond donors (Lipinski definition) is 1. The summed E-state index contributed by atoms with van der Waals surface area (Å²) in [5.41, 5.74) is 2.89. The van der Waals surface area contributed by atoms with Gasteiger partial charge in [0, 0.05) is 13.1 Å². The van der Waals surface area contributed by atoms with Gasteiger partial charge in [-0.15, -0.1) is 0 Å². The number of aryl methyl sites for hydroxylation is 1. The second-order valence-electron chi connectivity index (χ2n) is 7.40. The first kappa shape index (κ1) is 21.5. The summed E-state index contributed by atoms with van der Waals surface area (Å²) in [6.45, 7) is 4.90. The summed E-state index contributed by atoms with van der Waals surface area (Å²) in [6.07, 6.45) is 3.71. The number of nitrogens with one attached hydrogen (secondary N) is 1. The summed E-state index contributed by atoms with van der Waals surface area (Å²) in [7, 11) is -2.50. The summed E-state index contributed by atoms with van der Waals surface area (Å²) < 4.78 is 33.2. The number of carbonyl (C=O) groups is 1. The minimum Gasteiger partial charge on any atom is -0.465 e. The molecule has 1 N–H and O–H groups in total. The molecule has 29 heavy (non-hydrogen) atoms. The third-order valence-electron chi connectivity index (χ3n) is 5.31. The molecule has 0 saturated carbocycles. The van der Waals surface area contributed by atoms with E-state index in [2.05, 4.69) is 15.7 Å².